The van der Waals surface area contributed by atoms with E-state index < -0.39 is 5.97 Å². The fourth-order valence-electron chi connectivity index (χ4n) is 3.68. The maximum absolute atomic E-state index is 12.7. The molecule has 2 heterocycles. The first-order valence-electron chi connectivity index (χ1n) is 9.58. The number of carbonyl (C=O) groups excluding carboxylic acids is 2. The SMILES string of the molecule is CCn1nnc2cc(C(=O)OCC(=O)c3cc(C)n([C@@H](C)COC)c3C)ccc21. The molecule has 0 amide bonds. The van der Waals surface area contributed by atoms with Crippen molar-refractivity contribution in [3.05, 3.63) is 46.8 Å². The van der Waals surface area contributed by atoms with Crippen LogP contribution in [-0.2, 0) is 16.0 Å². The molecule has 0 aliphatic carbocycles. The second kappa shape index (κ2) is 8.57. The van der Waals surface area contributed by atoms with Crippen LogP contribution in [0.2, 0.25) is 0 Å². The van der Waals surface area contributed by atoms with Crippen molar-refractivity contribution in [2.24, 2.45) is 0 Å². The number of methoxy groups -OCH3 is 1. The maximum atomic E-state index is 12.7. The largest absolute Gasteiger partial charge is 0.454 e. The quantitative estimate of drug-likeness (QED) is 0.428. The average Bonchev–Trinajstić information content (AvgIpc) is 3.25. The van der Waals surface area contributed by atoms with Gasteiger partial charge in [0.2, 0.25) is 5.78 Å². The third kappa shape index (κ3) is 4.07. The van der Waals surface area contributed by atoms with Gasteiger partial charge < -0.3 is 14.0 Å². The van der Waals surface area contributed by atoms with Gasteiger partial charge in [-0.05, 0) is 52.0 Å². The van der Waals surface area contributed by atoms with Crippen molar-refractivity contribution >= 4 is 22.8 Å². The van der Waals surface area contributed by atoms with Gasteiger partial charge in [-0.2, -0.15) is 0 Å². The van der Waals surface area contributed by atoms with Gasteiger partial charge in [-0.25, -0.2) is 9.48 Å². The van der Waals surface area contributed by atoms with Crippen LogP contribution in [0.15, 0.2) is 24.3 Å². The van der Waals surface area contributed by atoms with E-state index in [4.69, 9.17) is 9.47 Å². The third-order valence-corrected chi connectivity index (χ3v) is 5.02. The Bertz CT molecular complexity index is 1050. The highest BCUT2D eigenvalue weighted by molar-refractivity contribution is 6.01. The summed E-state index contributed by atoms with van der Waals surface area (Å²) >= 11 is 0. The van der Waals surface area contributed by atoms with Crippen LogP contribution >= 0.6 is 0 Å². The molecule has 154 valence electrons. The highest BCUT2D eigenvalue weighted by Gasteiger charge is 2.20. The van der Waals surface area contributed by atoms with Crippen LogP contribution < -0.4 is 0 Å². The van der Waals surface area contributed by atoms with E-state index in [0.29, 0.717) is 29.8 Å². The van der Waals surface area contributed by atoms with Crippen molar-refractivity contribution in [3.8, 4) is 0 Å². The van der Waals surface area contributed by atoms with E-state index in [-0.39, 0.29) is 18.4 Å². The smallest absolute Gasteiger partial charge is 0.338 e. The van der Waals surface area contributed by atoms with Crippen molar-refractivity contribution in [1.82, 2.24) is 19.6 Å². The molecule has 0 N–H and O–H groups in total. The van der Waals surface area contributed by atoms with Crippen LogP contribution in [0.3, 0.4) is 0 Å². The molecular formula is C21H26N4O4. The van der Waals surface area contributed by atoms with Gasteiger partial charge in [-0.1, -0.05) is 5.21 Å². The number of ketones is 1. The van der Waals surface area contributed by atoms with Gasteiger partial charge in [0.05, 0.1) is 23.7 Å². The van der Waals surface area contributed by atoms with Crippen molar-refractivity contribution in [2.45, 2.75) is 40.3 Å². The van der Waals surface area contributed by atoms with Crippen LogP contribution in [-0.4, -0.2) is 51.6 Å². The molecule has 8 heteroatoms. The molecule has 3 rings (SSSR count). The lowest BCUT2D eigenvalue weighted by atomic mass is 10.1. The number of aromatic nitrogens is 4. The summed E-state index contributed by atoms with van der Waals surface area (Å²) in [5.74, 6) is -0.798. The Hall–Kier alpha value is -3.00. The number of ether oxygens (including phenoxy) is 2. The van der Waals surface area contributed by atoms with Gasteiger partial charge in [-0.15, -0.1) is 5.10 Å². The fourth-order valence-corrected chi connectivity index (χ4v) is 3.68. The van der Waals surface area contributed by atoms with Crippen LogP contribution in [0.5, 0.6) is 0 Å². The molecule has 0 spiro atoms. The Morgan fingerprint density at radius 1 is 1.21 bits per heavy atom. The molecule has 0 aliphatic rings. The van der Waals surface area contributed by atoms with E-state index >= 15 is 0 Å². The summed E-state index contributed by atoms with van der Waals surface area (Å²) in [5.41, 5.74) is 4.16. The van der Waals surface area contributed by atoms with E-state index in [9.17, 15) is 9.59 Å². The normalized spacial score (nSPS) is 12.3. The second-order valence-electron chi connectivity index (χ2n) is 7.07. The third-order valence-electron chi connectivity index (χ3n) is 5.02. The lowest BCUT2D eigenvalue weighted by molar-refractivity contribution is 0.0474. The zero-order valence-electron chi connectivity index (χ0n) is 17.4. The molecule has 0 saturated heterocycles. The number of carbonyl (C=O) groups is 2. The highest BCUT2D eigenvalue weighted by Crippen LogP contribution is 2.21. The molecule has 0 unspecified atom stereocenters. The Morgan fingerprint density at radius 2 is 1.97 bits per heavy atom. The van der Waals surface area contributed by atoms with Crippen molar-refractivity contribution in [1.29, 1.82) is 0 Å². The molecule has 0 aliphatic heterocycles. The van der Waals surface area contributed by atoms with Gasteiger partial charge in [-0.3, -0.25) is 4.79 Å². The number of hydrogen-bond donors (Lipinski definition) is 0. The van der Waals surface area contributed by atoms with E-state index in [1.807, 2.05) is 33.8 Å². The summed E-state index contributed by atoms with van der Waals surface area (Å²) in [7, 11) is 1.65. The van der Waals surface area contributed by atoms with Crippen LogP contribution in [0.4, 0.5) is 0 Å². The van der Waals surface area contributed by atoms with E-state index in [1.165, 1.54) is 0 Å². The summed E-state index contributed by atoms with van der Waals surface area (Å²) in [6, 6.07) is 6.99. The summed E-state index contributed by atoms with van der Waals surface area (Å²) in [5, 5.41) is 8.08. The maximum Gasteiger partial charge on any atom is 0.338 e. The Balaban J connectivity index is 1.70. The fraction of sp³-hybridized carbons (Fsp3) is 0.429. The van der Waals surface area contributed by atoms with E-state index in [1.54, 1.807) is 30.0 Å². The molecule has 0 fully saturated rings. The summed E-state index contributed by atoms with van der Waals surface area (Å²) in [4.78, 5) is 25.1. The van der Waals surface area contributed by atoms with Gasteiger partial charge in [0.15, 0.2) is 6.61 Å². The number of hydrogen-bond acceptors (Lipinski definition) is 6. The highest BCUT2D eigenvalue weighted by atomic mass is 16.5. The van der Waals surface area contributed by atoms with Gasteiger partial charge in [0.1, 0.15) is 5.52 Å². The number of rotatable bonds is 8. The molecule has 2 aromatic heterocycles. The van der Waals surface area contributed by atoms with Crippen LogP contribution in [0, 0.1) is 13.8 Å². The summed E-state index contributed by atoms with van der Waals surface area (Å²) in [6.45, 7) is 8.75. The van der Waals surface area contributed by atoms with Gasteiger partial charge in [0.25, 0.3) is 0 Å². The molecule has 8 nitrogen and oxygen atoms in total. The number of nitrogens with zero attached hydrogens (tertiary/aromatic N) is 4. The predicted octanol–water partition coefficient (Wildman–Crippen LogP) is 3.12. The number of aryl methyl sites for hydroxylation is 2. The summed E-state index contributed by atoms with van der Waals surface area (Å²) in [6.07, 6.45) is 0. The topological polar surface area (TPSA) is 88.2 Å². The first-order chi connectivity index (χ1) is 13.9. The Morgan fingerprint density at radius 3 is 2.66 bits per heavy atom. The standard InChI is InChI=1S/C21H26N4O4/c1-6-24-19-8-7-16(10-18(19)22-23-24)21(27)29-12-20(26)17-9-13(2)25(15(17)4)14(3)11-28-5/h7-10,14H,6,11-12H2,1-5H3/t14-/m0/s1. The number of benzene rings is 1. The number of fused-ring (bicyclic) bond motifs is 1. The van der Waals surface area contributed by atoms with E-state index in [0.717, 1.165) is 16.9 Å². The minimum absolute atomic E-state index is 0.104. The van der Waals surface area contributed by atoms with Crippen LogP contribution in [0.25, 0.3) is 11.0 Å². The number of esters is 1. The van der Waals surface area contributed by atoms with Crippen LogP contribution in [0.1, 0.15) is 52.0 Å². The van der Waals surface area contributed by atoms with E-state index in [2.05, 4.69) is 14.9 Å². The predicted molar refractivity (Wildman–Crippen MR) is 108 cm³/mol. The zero-order valence-corrected chi connectivity index (χ0v) is 17.4. The van der Waals surface area contributed by atoms with Gasteiger partial charge >= 0.3 is 5.97 Å². The Kier molecular flexibility index (Phi) is 6.12. The molecule has 29 heavy (non-hydrogen) atoms. The second-order valence-corrected chi connectivity index (χ2v) is 7.07. The molecule has 0 radical (unpaired) electrons. The minimum Gasteiger partial charge on any atom is -0.454 e. The molecule has 1 atom stereocenters. The van der Waals surface area contributed by atoms with Gasteiger partial charge in [0, 0.05) is 30.6 Å². The van der Waals surface area contributed by atoms with Crippen molar-refractivity contribution in [3.63, 3.8) is 0 Å². The monoisotopic (exact) mass is 398 g/mol. The van der Waals surface area contributed by atoms with Crippen molar-refractivity contribution < 1.29 is 19.1 Å². The zero-order chi connectivity index (χ0) is 21.1. The lowest BCUT2D eigenvalue weighted by Crippen LogP contribution is -2.17. The van der Waals surface area contributed by atoms with Crippen molar-refractivity contribution in [2.75, 3.05) is 20.3 Å². The molecule has 0 bridgehead atoms. The lowest BCUT2D eigenvalue weighted by Gasteiger charge is -2.17. The summed E-state index contributed by atoms with van der Waals surface area (Å²) < 4.78 is 14.3. The molecule has 0 saturated carbocycles. The Labute approximate surface area is 169 Å². The first kappa shape index (κ1) is 20.7. The molecular weight excluding hydrogens is 372 g/mol. The minimum atomic E-state index is -0.562. The molecule has 1 aromatic carbocycles. The average molecular weight is 398 g/mol. The first-order valence-corrected chi connectivity index (χ1v) is 9.58. The molecule has 3 aromatic rings. The number of Topliss-reactive ketones (excluding diaryl/α,β-unsaturated/α-hetero) is 1.